The molecule has 2 aliphatic rings. The fraction of sp³-hybridized carbons (Fsp3) is 0.692. The van der Waals surface area contributed by atoms with Gasteiger partial charge in [0.2, 0.25) is 11.8 Å². The van der Waals surface area contributed by atoms with Gasteiger partial charge in [0.1, 0.15) is 5.69 Å². The lowest BCUT2D eigenvalue weighted by Gasteiger charge is -2.22. The molecule has 3 rings (SSSR count). The van der Waals surface area contributed by atoms with E-state index in [1.807, 2.05) is 0 Å². The Labute approximate surface area is 117 Å². The minimum absolute atomic E-state index is 0.0673. The van der Waals surface area contributed by atoms with Crippen LogP contribution in [0.2, 0.25) is 0 Å². The molecule has 0 amide bonds. The van der Waals surface area contributed by atoms with E-state index < -0.39 is 4.92 Å². The zero-order valence-electron chi connectivity index (χ0n) is 11.5. The first-order valence-corrected chi connectivity index (χ1v) is 7.07. The molecule has 2 fully saturated rings. The molecule has 3 N–H and O–H groups in total. The lowest BCUT2D eigenvalue weighted by molar-refractivity contribution is -0.385. The molecule has 0 aliphatic heterocycles. The highest BCUT2D eigenvalue weighted by Gasteiger charge is 2.39. The lowest BCUT2D eigenvalue weighted by atomic mass is 9.89. The summed E-state index contributed by atoms with van der Waals surface area (Å²) in [5.41, 5.74) is 5.82. The van der Waals surface area contributed by atoms with Crippen molar-refractivity contribution in [1.29, 1.82) is 0 Å². The average Bonchev–Trinajstić information content (AvgIpc) is 2.96. The van der Waals surface area contributed by atoms with Crippen molar-refractivity contribution >= 4 is 17.5 Å². The van der Waals surface area contributed by atoms with Crippen LogP contribution in [-0.2, 0) is 0 Å². The van der Waals surface area contributed by atoms with Crippen LogP contribution in [0.1, 0.15) is 31.4 Å². The predicted molar refractivity (Wildman–Crippen MR) is 75.3 cm³/mol. The molecule has 0 spiro atoms. The lowest BCUT2D eigenvalue weighted by Crippen LogP contribution is -2.21. The van der Waals surface area contributed by atoms with E-state index in [2.05, 4.69) is 15.3 Å². The van der Waals surface area contributed by atoms with Crippen LogP contribution in [-0.4, -0.2) is 21.4 Å². The number of anilines is 2. The fourth-order valence-electron chi connectivity index (χ4n) is 3.78. The number of nitrogens with two attached hydrogens (primary N) is 1. The maximum absolute atomic E-state index is 11.1. The third kappa shape index (κ3) is 2.28. The van der Waals surface area contributed by atoms with Crippen LogP contribution in [0.25, 0.3) is 0 Å². The number of hydrogen-bond acceptors (Lipinski definition) is 6. The van der Waals surface area contributed by atoms with Crippen molar-refractivity contribution in [1.82, 2.24) is 9.97 Å². The number of fused-ring (bicyclic) bond motifs is 2. The number of nitrogens with zero attached hydrogens (tertiary/aromatic N) is 3. The highest BCUT2D eigenvalue weighted by molar-refractivity contribution is 5.60. The monoisotopic (exact) mass is 277 g/mol. The van der Waals surface area contributed by atoms with E-state index in [1.54, 1.807) is 6.92 Å². The molecule has 20 heavy (non-hydrogen) atoms. The van der Waals surface area contributed by atoms with Crippen LogP contribution in [0.5, 0.6) is 0 Å². The van der Waals surface area contributed by atoms with Crippen molar-refractivity contribution in [3.63, 3.8) is 0 Å². The van der Waals surface area contributed by atoms with Crippen LogP contribution in [0.4, 0.5) is 17.5 Å². The van der Waals surface area contributed by atoms with Gasteiger partial charge in [0.15, 0.2) is 0 Å². The zero-order valence-corrected chi connectivity index (χ0v) is 11.5. The number of aryl methyl sites for hydroxylation is 1. The second kappa shape index (κ2) is 4.88. The molecule has 3 unspecified atom stereocenters. The summed E-state index contributed by atoms with van der Waals surface area (Å²) >= 11 is 0. The molecule has 2 bridgehead atoms. The van der Waals surface area contributed by atoms with Gasteiger partial charge in [-0.3, -0.25) is 10.1 Å². The molecule has 0 aromatic carbocycles. The van der Waals surface area contributed by atoms with Crippen molar-refractivity contribution in [2.45, 2.75) is 32.6 Å². The van der Waals surface area contributed by atoms with Crippen molar-refractivity contribution in [3.8, 4) is 0 Å². The summed E-state index contributed by atoms with van der Waals surface area (Å²) in [6.45, 7) is 2.32. The van der Waals surface area contributed by atoms with E-state index in [9.17, 15) is 10.1 Å². The zero-order chi connectivity index (χ0) is 14.3. The largest absolute Gasteiger partial charge is 0.368 e. The molecule has 1 aromatic rings. The minimum Gasteiger partial charge on any atom is -0.368 e. The first-order chi connectivity index (χ1) is 9.54. The number of aromatic nitrogens is 2. The molecular formula is C13H19N5O2. The third-order valence-electron chi connectivity index (χ3n) is 4.67. The van der Waals surface area contributed by atoms with E-state index in [0.717, 1.165) is 18.4 Å². The summed E-state index contributed by atoms with van der Waals surface area (Å²) < 4.78 is 0. The molecule has 108 valence electrons. The first-order valence-electron chi connectivity index (χ1n) is 7.07. The van der Waals surface area contributed by atoms with Crippen molar-refractivity contribution in [2.75, 3.05) is 17.6 Å². The van der Waals surface area contributed by atoms with Crippen LogP contribution in [0.15, 0.2) is 0 Å². The van der Waals surface area contributed by atoms with Crippen molar-refractivity contribution in [3.05, 3.63) is 15.8 Å². The summed E-state index contributed by atoms with van der Waals surface area (Å²) in [4.78, 5) is 18.5. The van der Waals surface area contributed by atoms with Gasteiger partial charge in [0, 0.05) is 6.54 Å². The van der Waals surface area contributed by atoms with Crippen LogP contribution in [0, 0.1) is 34.8 Å². The SMILES string of the molecule is Cc1nc(N)nc(NCC2CC3CCC2C3)c1[N+](=O)[O-]. The van der Waals surface area contributed by atoms with Gasteiger partial charge < -0.3 is 11.1 Å². The highest BCUT2D eigenvalue weighted by atomic mass is 16.6. The first kappa shape index (κ1) is 13.1. The minimum atomic E-state index is -0.447. The number of nitro groups is 1. The molecule has 7 heteroatoms. The van der Waals surface area contributed by atoms with E-state index in [-0.39, 0.29) is 17.5 Å². The Kier molecular flexibility index (Phi) is 3.19. The molecular weight excluding hydrogens is 258 g/mol. The maximum Gasteiger partial charge on any atom is 0.332 e. The van der Waals surface area contributed by atoms with E-state index in [4.69, 9.17) is 5.73 Å². The molecule has 2 aliphatic carbocycles. The molecule has 7 nitrogen and oxygen atoms in total. The standard InChI is InChI=1S/C13H19N5O2/c1-7-11(18(19)20)12(17-13(14)16-7)15-6-10-5-8-2-3-9(10)4-8/h8-10H,2-6H2,1H3,(H3,14,15,16,17). The topological polar surface area (TPSA) is 107 Å². The van der Waals surface area contributed by atoms with Crippen LogP contribution >= 0.6 is 0 Å². The highest BCUT2D eigenvalue weighted by Crippen LogP contribution is 2.48. The van der Waals surface area contributed by atoms with Crippen molar-refractivity contribution < 1.29 is 4.92 Å². The van der Waals surface area contributed by atoms with E-state index in [0.29, 0.717) is 11.6 Å². The van der Waals surface area contributed by atoms with Gasteiger partial charge in [-0.05, 0) is 43.9 Å². The molecule has 0 radical (unpaired) electrons. The predicted octanol–water partition coefficient (Wildman–Crippen LogP) is 2.12. The summed E-state index contributed by atoms with van der Waals surface area (Å²) in [5.74, 6) is 2.56. The third-order valence-corrected chi connectivity index (χ3v) is 4.67. The van der Waals surface area contributed by atoms with Gasteiger partial charge >= 0.3 is 5.69 Å². The van der Waals surface area contributed by atoms with Crippen LogP contribution < -0.4 is 11.1 Å². The second-order valence-corrected chi connectivity index (χ2v) is 5.94. The van der Waals surface area contributed by atoms with Gasteiger partial charge in [0.25, 0.3) is 0 Å². The Morgan fingerprint density at radius 1 is 1.40 bits per heavy atom. The number of nitrogen functional groups attached to an aromatic ring is 1. The number of rotatable bonds is 4. The Morgan fingerprint density at radius 2 is 2.20 bits per heavy atom. The Morgan fingerprint density at radius 3 is 2.80 bits per heavy atom. The molecule has 1 aromatic heterocycles. The molecule has 2 saturated carbocycles. The van der Waals surface area contributed by atoms with Crippen LogP contribution in [0.3, 0.4) is 0 Å². The molecule has 1 heterocycles. The number of hydrogen-bond donors (Lipinski definition) is 2. The van der Waals surface area contributed by atoms with Crippen molar-refractivity contribution in [2.24, 2.45) is 17.8 Å². The Balaban J connectivity index is 1.75. The Bertz CT molecular complexity index is 548. The van der Waals surface area contributed by atoms with E-state index >= 15 is 0 Å². The summed E-state index contributed by atoms with van der Waals surface area (Å²) in [6.07, 6.45) is 5.19. The molecule has 0 saturated heterocycles. The normalized spacial score (nSPS) is 27.8. The van der Waals surface area contributed by atoms with Gasteiger partial charge in [-0.1, -0.05) is 6.42 Å². The number of nitrogens with one attached hydrogen (secondary N) is 1. The van der Waals surface area contributed by atoms with E-state index in [1.165, 1.54) is 25.7 Å². The van der Waals surface area contributed by atoms with Gasteiger partial charge in [-0.25, -0.2) is 4.98 Å². The quantitative estimate of drug-likeness (QED) is 0.644. The van der Waals surface area contributed by atoms with Gasteiger partial charge in [-0.2, -0.15) is 4.98 Å². The Hall–Kier alpha value is -1.92. The summed E-state index contributed by atoms with van der Waals surface area (Å²) in [7, 11) is 0. The summed E-state index contributed by atoms with van der Waals surface area (Å²) in [6, 6.07) is 0. The fourth-order valence-corrected chi connectivity index (χ4v) is 3.78. The maximum atomic E-state index is 11.1. The van der Waals surface area contributed by atoms with Gasteiger partial charge in [0.05, 0.1) is 4.92 Å². The second-order valence-electron chi connectivity index (χ2n) is 5.94. The summed E-state index contributed by atoms with van der Waals surface area (Å²) in [5, 5.41) is 14.3. The van der Waals surface area contributed by atoms with Gasteiger partial charge in [-0.15, -0.1) is 0 Å². The smallest absolute Gasteiger partial charge is 0.332 e. The molecule has 3 atom stereocenters. The average molecular weight is 277 g/mol.